The molecule has 62 valence electrons. The molecule has 2 aromatic rings. The van der Waals surface area contributed by atoms with E-state index in [0.717, 1.165) is 5.39 Å². The second kappa shape index (κ2) is 2.45. The van der Waals surface area contributed by atoms with Crippen LogP contribution in [0.2, 0.25) is 5.15 Å². The molecule has 2 rings (SSSR count). The smallest absolute Gasteiger partial charge is 0.134 e. The molecular weight excluding hydrogens is 179 g/mol. The molecule has 0 unspecified atom stereocenters. The Balaban J connectivity index is 2.87. The van der Waals surface area contributed by atoms with E-state index in [0.29, 0.717) is 10.7 Å². The normalized spacial score (nSPS) is 10.9. The average molecular weight is 185 g/mol. The molecule has 0 saturated heterocycles. The molecule has 0 aliphatic rings. The molecule has 0 radical (unpaired) electrons. The van der Waals surface area contributed by atoms with E-state index in [2.05, 4.69) is 5.10 Å². The summed E-state index contributed by atoms with van der Waals surface area (Å²) < 4.78 is 14.2. The van der Waals surface area contributed by atoms with Crippen molar-refractivity contribution >= 4 is 22.5 Å². The van der Waals surface area contributed by atoms with Gasteiger partial charge in [-0.25, -0.2) is 4.39 Å². The Morgan fingerprint density at radius 3 is 3.00 bits per heavy atom. The third kappa shape index (κ3) is 0.975. The van der Waals surface area contributed by atoms with E-state index in [4.69, 9.17) is 11.6 Å². The van der Waals surface area contributed by atoms with Gasteiger partial charge in [-0.3, -0.25) is 4.68 Å². The lowest BCUT2D eigenvalue weighted by Crippen LogP contribution is -1.87. The average Bonchev–Trinajstić information content (AvgIpc) is 2.28. The second-order valence-corrected chi connectivity index (χ2v) is 2.93. The van der Waals surface area contributed by atoms with Gasteiger partial charge in [-0.15, -0.1) is 0 Å². The van der Waals surface area contributed by atoms with E-state index in [1.54, 1.807) is 13.1 Å². The molecule has 0 spiro atoms. The number of aryl methyl sites for hydroxylation is 1. The van der Waals surface area contributed by atoms with Crippen LogP contribution < -0.4 is 0 Å². The van der Waals surface area contributed by atoms with Gasteiger partial charge in [0.15, 0.2) is 0 Å². The van der Waals surface area contributed by atoms with Crippen molar-refractivity contribution in [1.29, 1.82) is 0 Å². The Labute approximate surface area is 73.6 Å². The van der Waals surface area contributed by atoms with Crippen molar-refractivity contribution in [2.45, 2.75) is 0 Å². The van der Waals surface area contributed by atoms with Crippen molar-refractivity contribution in [3.8, 4) is 0 Å². The van der Waals surface area contributed by atoms with Crippen LogP contribution in [0.4, 0.5) is 4.39 Å². The molecule has 0 atom stereocenters. The minimum atomic E-state index is -0.294. The van der Waals surface area contributed by atoms with E-state index in [1.807, 2.05) is 0 Å². The lowest BCUT2D eigenvalue weighted by atomic mass is 10.2. The Bertz CT molecular complexity index is 436. The third-order valence-corrected chi connectivity index (χ3v) is 2.17. The maximum absolute atomic E-state index is 12.7. The van der Waals surface area contributed by atoms with E-state index in [9.17, 15) is 4.39 Å². The monoisotopic (exact) mass is 184 g/mol. The number of hydrogen-bond donors (Lipinski definition) is 0. The van der Waals surface area contributed by atoms with Gasteiger partial charge >= 0.3 is 0 Å². The second-order valence-electron chi connectivity index (χ2n) is 2.58. The Kier molecular flexibility index (Phi) is 1.54. The number of nitrogens with zero attached hydrogens (tertiary/aromatic N) is 2. The SMILES string of the molecule is Cn1nc2cc(F)ccc2c1Cl. The molecule has 0 amide bonds. The largest absolute Gasteiger partial charge is 0.256 e. The summed E-state index contributed by atoms with van der Waals surface area (Å²) in [7, 11) is 1.72. The first kappa shape index (κ1) is 7.55. The van der Waals surface area contributed by atoms with Crippen LogP contribution in [0.5, 0.6) is 0 Å². The van der Waals surface area contributed by atoms with Gasteiger partial charge in [-0.05, 0) is 12.1 Å². The quantitative estimate of drug-likeness (QED) is 0.615. The predicted octanol–water partition coefficient (Wildman–Crippen LogP) is 2.37. The van der Waals surface area contributed by atoms with Crippen molar-refractivity contribution in [1.82, 2.24) is 9.78 Å². The molecule has 0 bridgehead atoms. The van der Waals surface area contributed by atoms with Crippen molar-refractivity contribution in [2.24, 2.45) is 7.05 Å². The fourth-order valence-electron chi connectivity index (χ4n) is 1.14. The molecule has 1 aromatic heterocycles. The van der Waals surface area contributed by atoms with E-state index in [-0.39, 0.29) is 5.82 Å². The maximum atomic E-state index is 12.7. The van der Waals surface area contributed by atoms with Gasteiger partial charge < -0.3 is 0 Å². The number of hydrogen-bond acceptors (Lipinski definition) is 1. The molecule has 2 nitrogen and oxygen atoms in total. The highest BCUT2D eigenvalue weighted by molar-refractivity contribution is 6.34. The van der Waals surface area contributed by atoms with Crippen LogP contribution in [0.1, 0.15) is 0 Å². The molecule has 0 aliphatic heterocycles. The highest BCUT2D eigenvalue weighted by Gasteiger charge is 2.05. The number of fused-ring (bicyclic) bond motifs is 1. The molecule has 4 heteroatoms. The molecule has 0 aliphatic carbocycles. The van der Waals surface area contributed by atoms with E-state index < -0.39 is 0 Å². The summed E-state index contributed by atoms with van der Waals surface area (Å²) in [6, 6.07) is 4.36. The van der Waals surface area contributed by atoms with Gasteiger partial charge in [0.25, 0.3) is 0 Å². The van der Waals surface area contributed by atoms with Crippen LogP contribution in [0, 0.1) is 5.82 Å². The van der Waals surface area contributed by atoms with E-state index >= 15 is 0 Å². The third-order valence-electron chi connectivity index (χ3n) is 1.72. The lowest BCUT2D eigenvalue weighted by molar-refractivity contribution is 0.629. The van der Waals surface area contributed by atoms with Crippen molar-refractivity contribution in [3.63, 3.8) is 0 Å². The molecular formula is C8H6ClFN2. The zero-order chi connectivity index (χ0) is 8.72. The van der Waals surface area contributed by atoms with Gasteiger partial charge in [0.1, 0.15) is 11.0 Å². The summed E-state index contributed by atoms with van der Waals surface area (Å²) in [5.41, 5.74) is 0.586. The lowest BCUT2D eigenvalue weighted by Gasteiger charge is -1.88. The van der Waals surface area contributed by atoms with Gasteiger partial charge in [0.05, 0.1) is 5.52 Å². The molecule has 1 aromatic carbocycles. The summed E-state index contributed by atoms with van der Waals surface area (Å²) in [6.07, 6.45) is 0. The summed E-state index contributed by atoms with van der Waals surface area (Å²) in [5, 5.41) is 5.33. The van der Waals surface area contributed by atoms with Crippen LogP contribution in [0.3, 0.4) is 0 Å². The summed E-state index contributed by atoms with van der Waals surface area (Å²) in [5.74, 6) is -0.294. The van der Waals surface area contributed by atoms with Crippen molar-refractivity contribution < 1.29 is 4.39 Å². The maximum Gasteiger partial charge on any atom is 0.134 e. The first-order chi connectivity index (χ1) is 5.68. The molecule has 0 fully saturated rings. The van der Waals surface area contributed by atoms with E-state index in [1.165, 1.54) is 16.8 Å². The first-order valence-corrected chi connectivity index (χ1v) is 3.84. The van der Waals surface area contributed by atoms with Crippen LogP contribution in [-0.4, -0.2) is 9.78 Å². The van der Waals surface area contributed by atoms with Gasteiger partial charge in [0.2, 0.25) is 0 Å². The predicted molar refractivity (Wildman–Crippen MR) is 45.7 cm³/mol. The molecule has 1 heterocycles. The molecule has 0 N–H and O–H groups in total. The number of halogens is 2. The Morgan fingerprint density at radius 2 is 2.25 bits per heavy atom. The summed E-state index contributed by atoms with van der Waals surface area (Å²) >= 11 is 5.87. The zero-order valence-electron chi connectivity index (χ0n) is 6.38. The highest BCUT2D eigenvalue weighted by Crippen LogP contribution is 2.22. The Morgan fingerprint density at radius 1 is 1.50 bits per heavy atom. The minimum Gasteiger partial charge on any atom is -0.256 e. The highest BCUT2D eigenvalue weighted by atomic mass is 35.5. The van der Waals surface area contributed by atoms with Crippen LogP contribution in [-0.2, 0) is 7.05 Å². The zero-order valence-corrected chi connectivity index (χ0v) is 7.14. The van der Waals surface area contributed by atoms with Crippen molar-refractivity contribution in [2.75, 3.05) is 0 Å². The minimum absolute atomic E-state index is 0.294. The number of benzene rings is 1. The standard InChI is InChI=1S/C8H6ClFN2/c1-12-8(9)6-3-2-5(10)4-7(6)11-12/h2-4H,1H3. The first-order valence-electron chi connectivity index (χ1n) is 3.46. The van der Waals surface area contributed by atoms with Gasteiger partial charge in [-0.1, -0.05) is 11.6 Å². The molecule has 0 saturated carbocycles. The van der Waals surface area contributed by atoms with Crippen LogP contribution in [0.25, 0.3) is 10.9 Å². The fraction of sp³-hybridized carbons (Fsp3) is 0.125. The summed E-state index contributed by atoms with van der Waals surface area (Å²) in [4.78, 5) is 0. The van der Waals surface area contributed by atoms with Crippen molar-refractivity contribution in [3.05, 3.63) is 29.2 Å². The van der Waals surface area contributed by atoms with Gasteiger partial charge in [0, 0.05) is 18.5 Å². The fourth-order valence-corrected chi connectivity index (χ4v) is 1.34. The Hall–Kier alpha value is -1.09. The van der Waals surface area contributed by atoms with Gasteiger partial charge in [-0.2, -0.15) is 5.10 Å². The van der Waals surface area contributed by atoms with Crippen LogP contribution >= 0.6 is 11.6 Å². The molecule has 12 heavy (non-hydrogen) atoms. The number of rotatable bonds is 0. The van der Waals surface area contributed by atoms with Crippen LogP contribution in [0.15, 0.2) is 18.2 Å². The summed E-state index contributed by atoms with van der Waals surface area (Å²) in [6.45, 7) is 0. The topological polar surface area (TPSA) is 17.8 Å². The number of aromatic nitrogens is 2.